The average Bonchev–Trinajstić information content (AvgIpc) is 2.89. The van der Waals surface area contributed by atoms with Crippen molar-refractivity contribution in [3.63, 3.8) is 0 Å². The molecular weight excluding hydrogens is 363 g/mol. The van der Waals surface area contributed by atoms with Gasteiger partial charge in [0.05, 0.1) is 0 Å². The van der Waals surface area contributed by atoms with Crippen LogP contribution in [0.4, 0.5) is 0 Å². The minimum absolute atomic E-state index is 0.312. The fourth-order valence-corrected chi connectivity index (χ4v) is 4.26. The van der Waals surface area contributed by atoms with Crippen LogP contribution in [-0.4, -0.2) is 30.0 Å². The van der Waals surface area contributed by atoms with Gasteiger partial charge in [-0.1, -0.05) is 22.2 Å². The van der Waals surface area contributed by atoms with Crippen molar-refractivity contribution in [1.82, 2.24) is 0 Å². The third kappa shape index (κ3) is 14.3. The van der Waals surface area contributed by atoms with Crippen LogP contribution in [0.5, 0.6) is 0 Å². The summed E-state index contributed by atoms with van der Waals surface area (Å²) >= 11 is -4.03. The second kappa shape index (κ2) is 11.9. The SMILES string of the molecule is C1=CC[C]([Zr+2][C]2=CC=CC2)=C1.CS(=O)[O-].CS(=O)[O-]. The van der Waals surface area contributed by atoms with Crippen molar-refractivity contribution in [3.8, 4) is 0 Å². The molecule has 0 aromatic heterocycles. The van der Waals surface area contributed by atoms with E-state index >= 15 is 0 Å². The monoisotopic (exact) mass is 378 g/mol. The molecule has 4 nitrogen and oxygen atoms in total. The first kappa shape index (κ1) is 19.1. The first-order valence-electron chi connectivity index (χ1n) is 5.42. The molecule has 2 unspecified atom stereocenters. The van der Waals surface area contributed by atoms with Crippen molar-refractivity contribution < 1.29 is 40.8 Å². The van der Waals surface area contributed by atoms with E-state index in [1.807, 2.05) is 0 Å². The molecule has 0 N–H and O–H groups in total. The van der Waals surface area contributed by atoms with Gasteiger partial charge in [-0.2, -0.15) is 0 Å². The van der Waals surface area contributed by atoms with E-state index in [4.69, 9.17) is 17.5 Å². The van der Waals surface area contributed by atoms with Crippen molar-refractivity contribution >= 4 is 22.2 Å². The molecule has 0 saturated carbocycles. The van der Waals surface area contributed by atoms with Gasteiger partial charge in [0.2, 0.25) is 0 Å². The minimum Gasteiger partial charge on any atom is -0.773 e. The van der Waals surface area contributed by atoms with Crippen molar-refractivity contribution in [3.05, 3.63) is 43.0 Å². The Bertz CT molecular complexity index is 391. The molecule has 0 heterocycles. The Morgan fingerprint density at radius 2 is 1.26 bits per heavy atom. The van der Waals surface area contributed by atoms with Gasteiger partial charge in [0.15, 0.2) is 0 Å². The molecular formula is C12H16O4S2Zr. The Morgan fingerprint density at radius 3 is 1.47 bits per heavy atom. The van der Waals surface area contributed by atoms with Crippen LogP contribution in [0.2, 0.25) is 0 Å². The van der Waals surface area contributed by atoms with Crippen molar-refractivity contribution in [1.29, 1.82) is 0 Å². The number of hydrogen-bond acceptors (Lipinski definition) is 4. The van der Waals surface area contributed by atoms with Crippen LogP contribution in [0.25, 0.3) is 0 Å². The summed E-state index contributed by atoms with van der Waals surface area (Å²) in [5, 5.41) is 0. The fraction of sp³-hybridized carbons (Fsp3) is 0.333. The van der Waals surface area contributed by atoms with Crippen molar-refractivity contribution in [2.24, 2.45) is 0 Å². The molecule has 0 spiro atoms. The molecule has 7 heteroatoms. The van der Waals surface area contributed by atoms with E-state index in [0.29, 0.717) is 0 Å². The van der Waals surface area contributed by atoms with Crippen LogP contribution >= 0.6 is 0 Å². The molecule has 104 valence electrons. The maximum Gasteiger partial charge on any atom is -0.00142 e. The number of rotatable bonds is 2. The summed E-state index contributed by atoms with van der Waals surface area (Å²) < 4.78 is 39.5. The zero-order valence-corrected chi connectivity index (χ0v) is 14.9. The topological polar surface area (TPSA) is 80.3 Å². The zero-order chi connectivity index (χ0) is 14.7. The molecule has 2 aliphatic rings. The summed E-state index contributed by atoms with van der Waals surface area (Å²) in [5.74, 6) is 0. The maximum absolute atomic E-state index is 9.00. The zero-order valence-electron chi connectivity index (χ0n) is 10.8. The van der Waals surface area contributed by atoms with Gasteiger partial charge in [0.25, 0.3) is 0 Å². The van der Waals surface area contributed by atoms with Crippen LogP contribution in [0.15, 0.2) is 43.0 Å². The summed E-state index contributed by atoms with van der Waals surface area (Å²) in [6, 6.07) is 0. The van der Waals surface area contributed by atoms with Crippen LogP contribution in [0, 0.1) is 0 Å². The number of allylic oxidation sites excluding steroid dienone is 8. The molecule has 0 aromatic rings. The summed E-state index contributed by atoms with van der Waals surface area (Å²) in [6.07, 6.45) is 18.2. The first-order valence-corrected chi connectivity index (χ1v) is 10.8. The van der Waals surface area contributed by atoms with Crippen LogP contribution in [0.1, 0.15) is 12.8 Å². The molecule has 0 fully saturated rings. The van der Waals surface area contributed by atoms with E-state index in [-0.39, 0.29) is 23.2 Å². The normalized spacial score (nSPS) is 18.1. The molecule has 0 aliphatic heterocycles. The average molecular weight is 380 g/mol. The third-order valence-electron chi connectivity index (χ3n) is 1.86. The molecule has 19 heavy (non-hydrogen) atoms. The summed E-state index contributed by atoms with van der Waals surface area (Å²) in [4.78, 5) is 0. The molecule has 0 saturated heterocycles. The minimum atomic E-state index is -1.86. The molecule has 0 amide bonds. The molecule has 2 atom stereocenters. The molecule has 0 bridgehead atoms. The Morgan fingerprint density at radius 1 is 0.947 bits per heavy atom. The summed E-state index contributed by atoms with van der Waals surface area (Å²) in [7, 11) is 0. The van der Waals surface area contributed by atoms with Crippen molar-refractivity contribution in [2.75, 3.05) is 12.5 Å². The predicted octanol–water partition coefficient (Wildman–Crippen LogP) is 1.75. The van der Waals surface area contributed by atoms with Crippen molar-refractivity contribution in [2.45, 2.75) is 12.8 Å². The van der Waals surface area contributed by atoms with Crippen LogP contribution < -0.4 is 0 Å². The van der Waals surface area contributed by atoms with Gasteiger partial charge < -0.3 is 9.11 Å². The molecule has 0 radical (unpaired) electrons. The van der Waals surface area contributed by atoms with E-state index in [9.17, 15) is 0 Å². The maximum atomic E-state index is 9.00. The van der Waals surface area contributed by atoms with Gasteiger partial charge in [0, 0.05) is 0 Å². The number of hydrogen-bond donors (Lipinski definition) is 0. The second-order valence-corrected chi connectivity index (χ2v) is 8.95. The predicted molar refractivity (Wildman–Crippen MR) is 73.4 cm³/mol. The van der Waals surface area contributed by atoms with E-state index < -0.39 is 22.2 Å². The van der Waals surface area contributed by atoms with Crippen LogP contribution in [0.3, 0.4) is 0 Å². The van der Waals surface area contributed by atoms with Gasteiger partial charge in [0.1, 0.15) is 0 Å². The van der Waals surface area contributed by atoms with Crippen LogP contribution in [-0.2, 0) is 45.4 Å². The van der Waals surface area contributed by atoms with E-state index in [1.165, 1.54) is 12.8 Å². The largest absolute Gasteiger partial charge is 0.773 e. The Kier molecular flexibility index (Phi) is 11.9. The quantitative estimate of drug-likeness (QED) is 0.685. The Labute approximate surface area is 130 Å². The Hall–Kier alpha value is 0.0631. The first-order chi connectivity index (χ1) is 8.91. The van der Waals surface area contributed by atoms with Gasteiger partial charge >= 0.3 is 79.1 Å². The Balaban J connectivity index is 0.000000342. The second-order valence-electron chi connectivity index (χ2n) is 3.58. The summed E-state index contributed by atoms with van der Waals surface area (Å²) in [5.41, 5.74) is 0. The standard InChI is InChI=1S/2C5H5.2CH4O2S.Zr/c2*1-2-4-5-3-1;2*1-4(2)3;/h2*1-3H,4H2;2*1H3,(H,2,3);/q;;;;+2/p-2. The fourth-order valence-electron chi connectivity index (χ4n) is 1.29. The van der Waals surface area contributed by atoms with Gasteiger partial charge in [-0.05, 0) is 12.5 Å². The van der Waals surface area contributed by atoms with Gasteiger partial charge in [-0.15, -0.1) is 0 Å². The van der Waals surface area contributed by atoms with E-state index in [0.717, 1.165) is 12.5 Å². The molecule has 2 aliphatic carbocycles. The van der Waals surface area contributed by atoms with E-state index in [2.05, 4.69) is 36.5 Å². The van der Waals surface area contributed by atoms with Gasteiger partial charge in [-0.3, -0.25) is 8.42 Å². The van der Waals surface area contributed by atoms with Gasteiger partial charge in [-0.25, -0.2) is 0 Å². The smallest absolute Gasteiger partial charge is 0.00142 e. The van der Waals surface area contributed by atoms with E-state index in [1.54, 1.807) is 6.56 Å². The molecule has 2 rings (SSSR count). The molecule has 0 aromatic carbocycles. The summed E-state index contributed by atoms with van der Waals surface area (Å²) in [6.45, 7) is 0. The third-order valence-corrected chi connectivity index (χ3v) is 5.27.